The molecule has 1 aliphatic heterocycles. The number of amides is 2. The van der Waals surface area contributed by atoms with Gasteiger partial charge in [0, 0.05) is 30.9 Å². The third-order valence-corrected chi connectivity index (χ3v) is 7.12. The summed E-state index contributed by atoms with van der Waals surface area (Å²) < 4.78 is 14.1. The van der Waals surface area contributed by atoms with Crippen molar-refractivity contribution in [1.82, 2.24) is 15.2 Å². The van der Waals surface area contributed by atoms with Gasteiger partial charge in [0.1, 0.15) is 11.5 Å². The Morgan fingerprint density at radius 2 is 1.88 bits per heavy atom. The van der Waals surface area contributed by atoms with E-state index in [1.807, 2.05) is 13.8 Å². The fraction of sp³-hybridized carbons (Fsp3) is 0.320. The molecule has 1 aromatic heterocycles. The summed E-state index contributed by atoms with van der Waals surface area (Å²) in [5, 5.41) is 5.74. The zero-order chi connectivity index (χ0) is 23.5. The van der Waals surface area contributed by atoms with E-state index < -0.39 is 5.82 Å². The highest BCUT2D eigenvalue weighted by molar-refractivity contribution is 7.09. The van der Waals surface area contributed by atoms with Crippen molar-refractivity contribution in [3.05, 3.63) is 85.6 Å². The third kappa shape index (κ3) is 5.42. The number of hydrogen-bond acceptors (Lipinski definition) is 4. The van der Waals surface area contributed by atoms with Gasteiger partial charge in [-0.2, -0.15) is 0 Å². The molecule has 5 nitrogen and oxygen atoms in total. The van der Waals surface area contributed by atoms with Gasteiger partial charge in [-0.1, -0.05) is 47.0 Å². The molecule has 1 saturated heterocycles. The molecule has 3 aromatic rings. The van der Waals surface area contributed by atoms with Crippen LogP contribution in [-0.4, -0.2) is 34.8 Å². The van der Waals surface area contributed by atoms with E-state index in [-0.39, 0.29) is 28.3 Å². The van der Waals surface area contributed by atoms with Gasteiger partial charge in [0.2, 0.25) is 0 Å². The van der Waals surface area contributed by atoms with Gasteiger partial charge in [0.05, 0.1) is 15.6 Å². The Labute approximate surface area is 201 Å². The molecule has 8 heteroatoms. The lowest BCUT2D eigenvalue weighted by Crippen LogP contribution is -2.38. The number of piperidine rings is 1. The zero-order valence-electron chi connectivity index (χ0n) is 18.5. The standard InChI is InChI=1S/C25H25ClFN3O2S/c1-15-10-16(2)12-17(11-15)13-28-23(31)21-14-33-24(29-21)18-6-8-30(9-7-18)25(32)22-19(26)4-3-5-20(22)27/h3-5,10-12,14,18H,6-9,13H2,1-2H3,(H,28,31). The van der Waals surface area contributed by atoms with Crippen LogP contribution in [0.3, 0.4) is 0 Å². The average molecular weight is 486 g/mol. The van der Waals surface area contributed by atoms with Crippen molar-refractivity contribution < 1.29 is 14.0 Å². The number of nitrogens with zero attached hydrogens (tertiary/aromatic N) is 2. The number of halogens is 2. The number of aryl methyl sites for hydroxylation is 2. The lowest BCUT2D eigenvalue weighted by molar-refractivity contribution is 0.0708. The Kier molecular flexibility index (Phi) is 7.10. The first-order chi connectivity index (χ1) is 15.8. The monoisotopic (exact) mass is 485 g/mol. The molecule has 0 unspecified atom stereocenters. The van der Waals surface area contributed by atoms with Crippen molar-refractivity contribution >= 4 is 34.8 Å². The number of thiazole rings is 1. The van der Waals surface area contributed by atoms with Crippen LogP contribution in [0.2, 0.25) is 5.02 Å². The van der Waals surface area contributed by atoms with Crippen LogP contribution in [0.5, 0.6) is 0 Å². The Bertz CT molecular complexity index is 1150. The van der Waals surface area contributed by atoms with Gasteiger partial charge >= 0.3 is 0 Å². The van der Waals surface area contributed by atoms with Crippen molar-refractivity contribution in [1.29, 1.82) is 0 Å². The summed E-state index contributed by atoms with van der Waals surface area (Å²) in [4.78, 5) is 31.5. The normalized spacial score (nSPS) is 14.4. The first-order valence-corrected chi connectivity index (χ1v) is 12.1. The summed E-state index contributed by atoms with van der Waals surface area (Å²) in [7, 11) is 0. The molecule has 1 fully saturated rings. The molecule has 0 saturated carbocycles. The highest BCUT2D eigenvalue weighted by Crippen LogP contribution is 2.32. The van der Waals surface area contributed by atoms with E-state index in [0.29, 0.717) is 38.2 Å². The summed E-state index contributed by atoms with van der Waals surface area (Å²) in [6.07, 6.45) is 1.41. The Morgan fingerprint density at radius 1 is 1.18 bits per heavy atom. The number of carbonyl (C=O) groups excluding carboxylic acids is 2. The van der Waals surface area contributed by atoms with Crippen LogP contribution in [-0.2, 0) is 6.54 Å². The predicted octanol–water partition coefficient (Wildman–Crippen LogP) is 5.50. The first kappa shape index (κ1) is 23.4. The molecular weight excluding hydrogens is 461 g/mol. The molecule has 2 amide bonds. The zero-order valence-corrected chi connectivity index (χ0v) is 20.1. The van der Waals surface area contributed by atoms with Gasteiger partial charge < -0.3 is 10.2 Å². The number of aromatic nitrogens is 1. The first-order valence-electron chi connectivity index (χ1n) is 10.9. The molecule has 0 radical (unpaired) electrons. The number of likely N-dealkylation sites (tertiary alicyclic amines) is 1. The molecule has 1 N–H and O–H groups in total. The molecular formula is C25H25ClFN3O2S. The molecule has 0 aliphatic carbocycles. The van der Waals surface area contributed by atoms with Gasteiger partial charge in [0.15, 0.2) is 0 Å². The van der Waals surface area contributed by atoms with Crippen LogP contribution in [0, 0.1) is 19.7 Å². The number of hydrogen-bond donors (Lipinski definition) is 1. The van der Waals surface area contributed by atoms with Gasteiger partial charge in [0.25, 0.3) is 11.8 Å². The summed E-state index contributed by atoms with van der Waals surface area (Å²) >= 11 is 7.51. The Balaban J connectivity index is 1.34. The number of nitrogens with one attached hydrogen (secondary N) is 1. The van der Waals surface area contributed by atoms with Crippen LogP contribution in [0.1, 0.15) is 61.3 Å². The van der Waals surface area contributed by atoms with Crippen LogP contribution < -0.4 is 5.32 Å². The summed E-state index contributed by atoms with van der Waals surface area (Å²) in [5.41, 5.74) is 3.73. The van der Waals surface area contributed by atoms with E-state index in [0.717, 1.165) is 21.7 Å². The molecule has 2 heterocycles. The average Bonchev–Trinajstić information content (AvgIpc) is 3.27. The molecule has 172 valence electrons. The Morgan fingerprint density at radius 3 is 2.55 bits per heavy atom. The molecule has 1 aliphatic rings. The van der Waals surface area contributed by atoms with Gasteiger partial charge in [-0.05, 0) is 44.4 Å². The summed E-state index contributed by atoms with van der Waals surface area (Å²) in [6.45, 7) is 5.50. The lowest BCUT2D eigenvalue weighted by Gasteiger charge is -2.31. The molecule has 2 aromatic carbocycles. The number of benzene rings is 2. The number of carbonyl (C=O) groups is 2. The predicted molar refractivity (Wildman–Crippen MR) is 128 cm³/mol. The maximum absolute atomic E-state index is 14.1. The highest BCUT2D eigenvalue weighted by atomic mass is 35.5. The molecule has 0 bridgehead atoms. The maximum atomic E-state index is 14.1. The van der Waals surface area contributed by atoms with Crippen molar-refractivity contribution in [3.63, 3.8) is 0 Å². The second-order valence-electron chi connectivity index (χ2n) is 8.41. The van der Waals surface area contributed by atoms with E-state index in [9.17, 15) is 14.0 Å². The van der Waals surface area contributed by atoms with Crippen molar-refractivity contribution in [2.45, 2.75) is 39.2 Å². The SMILES string of the molecule is Cc1cc(C)cc(CNC(=O)c2csc(C3CCN(C(=O)c4c(F)cccc4Cl)CC3)n2)c1. The van der Waals surface area contributed by atoms with E-state index in [1.165, 1.54) is 29.5 Å². The van der Waals surface area contributed by atoms with Crippen LogP contribution in [0.15, 0.2) is 41.8 Å². The minimum Gasteiger partial charge on any atom is -0.347 e. The quantitative estimate of drug-likeness (QED) is 0.519. The molecule has 0 spiro atoms. The second-order valence-corrected chi connectivity index (χ2v) is 9.71. The number of rotatable bonds is 5. The topological polar surface area (TPSA) is 62.3 Å². The van der Waals surface area contributed by atoms with Crippen molar-refractivity contribution in [2.75, 3.05) is 13.1 Å². The molecule has 33 heavy (non-hydrogen) atoms. The largest absolute Gasteiger partial charge is 0.347 e. The minimum atomic E-state index is -0.606. The lowest BCUT2D eigenvalue weighted by atomic mass is 9.97. The van der Waals surface area contributed by atoms with Gasteiger partial charge in [-0.3, -0.25) is 9.59 Å². The maximum Gasteiger partial charge on any atom is 0.271 e. The minimum absolute atomic E-state index is 0.0744. The van der Waals surface area contributed by atoms with E-state index >= 15 is 0 Å². The van der Waals surface area contributed by atoms with Crippen molar-refractivity contribution in [2.24, 2.45) is 0 Å². The summed E-state index contributed by atoms with van der Waals surface area (Å²) in [5.74, 6) is -1.03. The third-order valence-electron chi connectivity index (χ3n) is 5.80. The second kappa shape index (κ2) is 10.0. The van der Waals surface area contributed by atoms with Crippen LogP contribution >= 0.6 is 22.9 Å². The van der Waals surface area contributed by atoms with Crippen LogP contribution in [0.4, 0.5) is 4.39 Å². The fourth-order valence-electron chi connectivity index (χ4n) is 4.21. The van der Waals surface area contributed by atoms with E-state index in [4.69, 9.17) is 11.6 Å². The van der Waals surface area contributed by atoms with Gasteiger partial charge in [-0.25, -0.2) is 9.37 Å². The van der Waals surface area contributed by atoms with E-state index in [2.05, 4.69) is 28.5 Å². The van der Waals surface area contributed by atoms with E-state index in [1.54, 1.807) is 10.3 Å². The summed E-state index contributed by atoms with van der Waals surface area (Å²) in [6, 6.07) is 10.5. The van der Waals surface area contributed by atoms with Crippen LogP contribution in [0.25, 0.3) is 0 Å². The molecule has 0 atom stereocenters. The van der Waals surface area contributed by atoms with Crippen molar-refractivity contribution in [3.8, 4) is 0 Å². The highest BCUT2D eigenvalue weighted by Gasteiger charge is 2.29. The Hall–Kier alpha value is -2.77. The smallest absolute Gasteiger partial charge is 0.271 e. The fourth-order valence-corrected chi connectivity index (χ4v) is 5.43. The molecule has 4 rings (SSSR count). The van der Waals surface area contributed by atoms with Gasteiger partial charge in [-0.15, -0.1) is 11.3 Å².